The number of benzene rings is 1. The predicted octanol–water partition coefficient (Wildman–Crippen LogP) is 2.67. The lowest BCUT2D eigenvalue weighted by atomic mass is 10.0. The molecule has 1 aromatic carbocycles. The number of aromatic amines is 1. The van der Waals surface area contributed by atoms with Crippen molar-refractivity contribution in [1.82, 2.24) is 14.9 Å². The molecule has 5 heteroatoms. The summed E-state index contributed by atoms with van der Waals surface area (Å²) in [7, 11) is 0. The first-order valence-electron chi connectivity index (χ1n) is 9.31. The molecule has 5 nitrogen and oxygen atoms in total. The molecule has 0 amide bonds. The summed E-state index contributed by atoms with van der Waals surface area (Å²) in [6.07, 6.45) is 3.70. The zero-order valence-corrected chi connectivity index (χ0v) is 14.9. The quantitative estimate of drug-likeness (QED) is 0.931. The molecule has 2 aliphatic rings. The summed E-state index contributed by atoms with van der Waals surface area (Å²) in [4.78, 5) is 23.9. The summed E-state index contributed by atoms with van der Waals surface area (Å²) in [6.45, 7) is 7.24. The normalized spacial score (nSPS) is 21.2. The maximum Gasteiger partial charge on any atom is 0.251 e. The van der Waals surface area contributed by atoms with E-state index in [0.717, 1.165) is 31.7 Å². The van der Waals surface area contributed by atoms with Gasteiger partial charge in [-0.05, 0) is 50.4 Å². The van der Waals surface area contributed by atoms with Crippen LogP contribution in [0.15, 0.2) is 35.1 Å². The lowest BCUT2D eigenvalue weighted by Gasteiger charge is -2.19. The second kappa shape index (κ2) is 7.00. The van der Waals surface area contributed by atoms with Gasteiger partial charge >= 0.3 is 0 Å². The number of nitrogens with one attached hydrogen (secondary N) is 1. The lowest BCUT2D eigenvalue weighted by molar-refractivity contribution is 0.326. The number of H-pyrrole nitrogens is 1. The molecule has 0 aliphatic carbocycles. The molecular formula is C20H26N4O. The third-order valence-corrected chi connectivity index (χ3v) is 5.38. The SMILES string of the molecule is Cc1nc([C@@H]2CCN(Cc3ccc(N4CCCC4)cc3)C2)cc(=O)[nH]1. The molecule has 2 aliphatic heterocycles. The van der Waals surface area contributed by atoms with E-state index in [1.54, 1.807) is 6.07 Å². The van der Waals surface area contributed by atoms with Crippen molar-refractivity contribution in [3.05, 3.63) is 57.8 Å². The molecule has 0 bridgehead atoms. The summed E-state index contributed by atoms with van der Waals surface area (Å²) >= 11 is 0. The van der Waals surface area contributed by atoms with E-state index in [9.17, 15) is 4.79 Å². The van der Waals surface area contributed by atoms with E-state index in [-0.39, 0.29) is 5.56 Å². The van der Waals surface area contributed by atoms with Crippen molar-refractivity contribution in [2.24, 2.45) is 0 Å². The maximum atomic E-state index is 11.7. The number of hydrogen-bond acceptors (Lipinski definition) is 4. The Kier molecular flexibility index (Phi) is 4.57. The zero-order chi connectivity index (χ0) is 17.2. The highest BCUT2D eigenvalue weighted by Crippen LogP contribution is 2.27. The van der Waals surface area contributed by atoms with E-state index in [1.807, 2.05) is 6.92 Å². The summed E-state index contributed by atoms with van der Waals surface area (Å²) < 4.78 is 0. The van der Waals surface area contributed by atoms with Crippen molar-refractivity contribution in [2.45, 2.75) is 38.6 Å². The van der Waals surface area contributed by atoms with Crippen LogP contribution in [0.3, 0.4) is 0 Å². The molecule has 2 saturated heterocycles. The number of hydrogen-bond donors (Lipinski definition) is 1. The number of nitrogens with zero attached hydrogens (tertiary/aromatic N) is 3. The second-order valence-electron chi connectivity index (χ2n) is 7.34. The van der Waals surface area contributed by atoms with Crippen LogP contribution in [0.25, 0.3) is 0 Å². The van der Waals surface area contributed by atoms with Gasteiger partial charge in [0.1, 0.15) is 5.82 Å². The predicted molar refractivity (Wildman–Crippen MR) is 100 cm³/mol. The molecule has 0 unspecified atom stereocenters. The van der Waals surface area contributed by atoms with Crippen LogP contribution in [0.1, 0.15) is 42.3 Å². The van der Waals surface area contributed by atoms with Gasteiger partial charge in [0.15, 0.2) is 0 Å². The van der Waals surface area contributed by atoms with Crippen molar-refractivity contribution in [1.29, 1.82) is 0 Å². The average molecular weight is 338 g/mol. The van der Waals surface area contributed by atoms with Crippen LogP contribution < -0.4 is 10.5 Å². The van der Waals surface area contributed by atoms with E-state index >= 15 is 0 Å². The Labute approximate surface area is 148 Å². The topological polar surface area (TPSA) is 52.2 Å². The zero-order valence-electron chi connectivity index (χ0n) is 14.9. The molecule has 1 N–H and O–H groups in total. The third kappa shape index (κ3) is 3.76. The highest BCUT2D eigenvalue weighted by Gasteiger charge is 2.25. The molecule has 0 saturated carbocycles. The monoisotopic (exact) mass is 338 g/mol. The van der Waals surface area contributed by atoms with Crippen LogP contribution in [0.5, 0.6) is 0 Å². The summed E-state index contributed by atoms with van der Waals surface area (Å²) in [5.74, 6) is 1.07. The van der Waals surface area contributed by atoms with Crippen molar-refractivity contribution in [2.75, 3.05) is 31.1 Å². The Bertz CT molecular complexity index is 777. The molecule has 4 rings (SSSR count). The first-order chi connectivity index (χ1) is 12.2. The largest absolute Gasteiger partial charge is 0.372 e. The maximum absolute atomic E-state index is 11.7. The Morgan fingerprint density at radius 3 is 2.64 bits per heavy atom. The number of rotatable bonds is 4. The van der Waals surface area contributed by atoms with Gasteiger partial charge < -0.3 is 9.88 Å². The van der Waals surface area contributed by atoms with Gasteiger partial charge in [-0.2, -0.15) is 0 Å². The van der Waals surface area contributed by atoms with Gasteiger partial charge in [-0.1, -0.05) is 12.1 Å². The van der Waals surface area contributed by atoms with Crippen LogP contribution in [-0.4, -0.2) is 41.0 Å². The van der Waals surface area contributed by atoms with E-state index in [4.69, 9.17) is 0 Å². The highest BCUT2D eigenvalue weighted by molar-refractivity contribution is 5.48. The van der Waals surface area contributed by atoms with Gasteiger partial charge in [-0.25, -0.2) is 4.98 Å². The summed E-state index contributed by atoms with van der Waals surface area (Å²) in [5.41, 5.74) is 3.61. The van der Waals surface area contributed by atoms with Gasteiger partial charge in [0.2, 0.25) is 0 Å². The van der Waals surface area contributed by atoms with Gasteiger partial charge in [0.05, 0.1) is 5.69 Å². The summed E-state index contributed by atoms with van der Waals surface area (Å²) in [5, 5.41) is 0. The van der Waals surface area contributed by atoms with E-state index in [2.05, 4.69) is 44.0 Å². The Morgan fingerprint density at radius 2 is 1.92 bits per heavy atom. The van der Waals surface area contributed by atoms with Gasteiger partial charge in [0, 0.05) is 43.9 Å². The standard InChI is InChI=1S/C20H26N4O/c1-15-21-19(12-20(25)22-15)17-8-11-23(14-17)13-16-4-6-18(7-5-16)24-9-2-3-10-24/h4-7,12,17H,2-3,8-11,13-14H2,1H3,(H,21,22,25)/t17-/m1/s1. The number of aromatic nitrogens is 2. The first-order valence-corrected chi connectivity index (χ1v) is 9.31. The van der Waals surface area contributed by atoms with Crippen molar-refractivity contribution >= 4 is 5.69 Å². The van der Waals surface area contributed by atoms with Crippen molar-refractivity contribution < 1.29 is 0 Å². The fraction of sp³-hybridized carbons (Fsp3) is 0.500. The van der Waals surface area contributed by atoms with Crippen LogP contribution in [0.4, 0.5) is 5.69 Å². The van der Waals surface area contributed by atoms with Crippen LogP contribution in [-0.2, 0) is 6.54 Å². The minimum absolute atomic E-state index is 0.0431. The fourth-order valence-electron chi connectivity index (χ4n) is 4.08. The first kappa shape index (κ1) is 16.3. The van der Waals surface area contributed by atoms with E-state index in [0.29, 0.717) is 11.7 Å². The van der Waals surface area contributed by atoms with Crippen LogP contribution >= 0.6 is 0 Å². The van der Waals surface area contributed by atoms with E-state index < -0.39 is 0 Å². The van der Waals surface area contributed by atoms with E-state index in [1.165, 1.54) is 37.2 Å². The molecule has 0 radical (unpaired) electrons. The molecule has 132 valence electrons. The molecule has 1 atom stereocenters. The minimum atomic E-state index is -0.0431. The molecule has 2 aromatic rings. The van der Waals surface area contributed by atoms with Gasteiger partial charge in [-0.15, -0.1) is 0 Å². The highest BCUT2D eigenvalue weighted by atomic mass is 16.1. The minimum Gasteiger partial charge on any atom is -0.372 e. The molecule has 1 aromatic heterocycles. The summed E-state index contributed by atoms with van der Waals surface area (Å²) in [6, 6.07) is 10.7. The van der Waals surface area contributed by atoms with Crippen LogP contribution in [0.2, 0.25) is 0 Å². The molecule has 2 fully saturated rings. The van der Waals surface area contributed by atoms with Crippen molar-refractivity contribution in [3.63, 3.8) is 0 Å². The number of anilines is 1. The molecule has 0 spiro atoms. The smallest absolute Gasteiger partial charge is 0.251 e. The lowest BCUT2D eigenvalue weighted by Crippen LogP contribution is -2.21. The van der Waals surface area contributed by atoms with Crippen LogP contribution in [0, 0.1) is 6.92 Å². The average Bonchev–Trinajstić information content (AvgIpc) is 3.26. The molecular weight excluding hydrogens is 312 g/mol. The Hall–Kier alpha value is -2.14. The Morgan fingerprint density at radius 1 is 1.16 bits per heavy atom. The number of aryl methyl sites for hydroxylation is 1. The van der Waals surface area contributed by atoms with Gasteiger partial charge in [0.25, 0.3) is 5.56 Å². The molecule has 25 heavy (non-hydrogen) atoms. The molecule has 3 heterocycles. The second-order valence-corrected chi connectivity index (χ2v) is 7.34. The Balaban J connectivity index is 1.38. The van der Waals surface area contributed by atoms with Gasteiger partial charge in [-0.3, -0.25) is 9.69 Å². The third-order valence-electron chi connectivity index (χ3n) is 5.38. The fourth-order valence-corrected chi connectivity index (χ4v) is 4.08. The number of likely N-dealkylation sites (tertiary alicyclic amines) is 1. The van der Waals surface area contributed by atoms with Crippen molar-refractivity contribution in [3.8, 4) is 0 Å².